The van der Waals surface area contributed by atoms with Crippen LogP contribution in [0.4, 0.5) is 0 Å². The molecule has 1 fully saturated rings. The van der Waals surface area contributed by atoms with Crippen LogP contribution in [0.3, 0.4) is 0 Å². The second-order valence-corrected chi connectivity index (χ2v) is 12.8. The van der Waals surface area contributed by atoms with Crippen LogP contribution in [-0.4, -0.2) is 45.6 Å². The van der Waals surface area contributed by atoms with Crippen LogP contribution < -0.4 is 10.4 Å². The van der Waals surface area contributed by atoms with E-state index < -0.39 is 14.1 Å². The molecule has 2 aromatic carbocycles. The summed E-state index contributed by atoms with van der Waals surface area (Å²) in [5.74, 6) is -0.978. The maximum absolute atomic E-state index is 9.86. The molecule has 0 unspecified atom stereocenters. The first-order valence-corrected chi connectivity index (χ1v) is 11.9. The highest BCUT2D eigenvalue weighted by atomic mass is 28.4. The lowest BCUT2D eigenvalue weighted by atomic mass is 10.0. The Labute approximate surface area is 169 Å². The molecule has 3 rings (SSSR count). The minimum absolute atomic E-state index is 0.0489. The van der Waals surface area contributed by atoms with Gasteiger partial charge in [-0.25, -0.2) is 0 Å². The van der Waals surface area contributed by atoms with Crippen LogP contribution in [0.1, 0.15) is 33.6 Å². The lowest BCUT2D eigenvalue weighted by molar-refractivity contribution is -0.272. The van der Waals surface area contributed by atoms with Crippen molar-refractivity contribution in [3.63, 3.8) is 0 Å². The number of benzene rings is 2. The standard InChI is InChI=1S/C23H32O4Si/c1-22(2,3)28(20-11-7-5-8-12-20,21-13-9-6-10-14-21)27-19-15-16-26-23(17-19,18-24)25-4/h5-14,19,24H,15-18H2,1-4H3/t19-,23-/m1/s1. The molecule has 0 bridgehead atoms. The summed E-state index contributed by atoms with van der Waals surface area (Å²) in [5.41, 5.74) is 0. The maximum Gasteiger partial charge on any atom is 0.261 e. The summed E-state index contributed by atoms with van der Waals surface area (Å²) in [4.78, 5) is 0. The molecule has 1 heterocycles. The van der Waals surface area contributed by atoms with Gasteiger partial charge in [-0.15, -0.1) is 0 Å². The van der Waals surface area contributed by atoms with E-state index in [2.05, 4.69) is 69.3 Å². The van der Waals surface area contributed by atoms with E-state index in [0.29, 0.717) is 13.0 Å². The zero-order valence-corrected chi connectivity index (χ0v) is 18.4. The SMILES string of the molecule is CO[C@]1(CO)C[C@H](O[Si](c2ccccc2)(c2ccccc2)C(C)(C)C)CCO1. The van der Waals surface area contributed by atoms with Gasteiger partial charge >= 0.3 is 0 Å². The van der Waals surface area contributed by atoms with Crippen LogP contribution >= 0.6 is 0 Å². The number of aliphatic hydroxyl groups is 1. The molecule has 1 N–H and O–H groups in total. The molecule has 152 valence electrons. The van der Waals surface area contributed by atoms with Gasteiger partial charge in [0, 0.05) is 13.5 Å². The lowest BCUT2D eigenvalue weighted by Crippen LogP contribution is -2.68. The zero-order chi connectivity index (χ0) is 20.3. The predicted molar refractivity (Wildman–Crippen MR) is 115 cm³/mol. The van der Waals surface area contributed by atoms with Gasteiger partial charge in [0.05, 0.1) is 19.3 Å². The Morgan fingerprint density at radius 3 is 2.00 bits per heavy atom. The molecule has 0 radical (unpaired) electrons. The normalized spacial score (nSPS) is 23.5. The molecule has 0 aliphatic carbocycles. The molecule has 0 amide bonds. The third-order valence-electron chi connectivity index (χ3n) is 5.72. The summed E-state index contributed by atoms with van der Waals surface area (Å²) < 4.78 is 18.4. The first-order chi connectivity index (χ1) is 13.4. The van der Waals surface area contributed by atoms with Crippen molar-refractivity contribution < 1.29 is 19.0 Å². The van der Waals surface area contributed by atoms with Gasteiger partial charge in [-0.3, -0.25) is 0 Å². The van der Waals surface area contributed by atoms with Crippen molar-refractivity contribution in [3.05, 3.63) is 60.7 Å². The summed E-state index contributed by atoms with van der Waals surface area (Å²) in [6, 6.07) is 21.2. The fourth-order valence-electron chi connectivity index (χ4n) is 4.24. The molecular weight excluding hydrogens is 368 g/mol. The van der Waals surface area contributed by atoms with E-state index >= 15 is 0 Å². The highest BCUT2D eigenvalue weighted by Crippen LogP contribution is 2.40. The van der Waals surface area contributed by atoms with Gasteiger partial charge in [-0.1, -0.05) is 81.4 Å². The van der Waals surface area contributed by atoms with Crippen LogP contribution in [0, 0.1) is 0 Å². The van der Waals surface area contributed by atoms with Crippen LogP contribution in [0.15, 0.2) is 60.7 Å². The summed E-state index contributed by atoms with van der Waals surface area (Å²) in [6.45, 7) is 7.15. The van der Waals surface area contributed by atoms with Gasteiger partial charge in [0.1, 0.15) is 0 Å². The minimum atomic E-state index is -2.62. The number of rotatable bonds is 6. The Morgan fingerprint density at radius 2 is 1.57 bits per heavy atom. The highest BCUT2D eigenvalue weighted by Gasteiger charge is 2.52. The fourth-order valence-corrected chi connectivity index (χ4v) is 8.96. The molecule has 0 saturated carbocycles. The molecule has 1 aliphatic rings. The second-order valence-electron chi connectivity index (χ2n) is 8.52. The third kappa shape index (κ3) is 3.95. The number of hydrogen-bond acceptors (Lipinski definition) is 4. The van der Waals surface area contributed by atoms with Crippen molar-refractivity contribution in [2.24, 2.45) is 0 Å². The Balaban J connectivity index is 2.09. The summed E-state index contributed by atoms with van der Waals surface area (Å²) in [5, 5.41) is 12.3. The van der Waals surface area contributed by atoms with Gasteiger partial charge < -0.3 is 19.0 Å². The van der Waals surface area contributed by atoms with E-state index in [-0.39, 0.29) is 17.7 Å². The lowest BCUT2D eigenvalue weighted by Gasteiger charge is -2.47. The van der Waals surface area contributed by atoms with E-state index in [4.69, 9.17) is 13.9 Å². The Bertz CT molecular complexity index is 699. The fraction of sp³-hybridized carbons (Fsp3) is 0.478. The molecule has 0 aromatic heterocycles. The average Bonchev–Trinajstić information content (AvgIpc) is 2.72. The van der Waals surface area contributed by atoms with Gasteiger partial charge in [0.2, 0.25) is 0 Å². The summed E-state index contributed by atoms with van der Waals surface area (Å²) >= 11 is 0. The topological polar surface area (TPSA) is 47.9 Å². The monoisotopic (exact) mass is 400 g/mol. The van der Waals surface area contributed by atoms with Gasteiger partial charge in [0.25, 0.3) is 8.32 Å². The first-order valence-electron chi connectivity index (χ1n) is 9.96. The molecule has 2 aromatic rings. The van der Waals surface area contributed by atoms with Crippen molar-refractivity contribution in [1.82, 2.24) is 0 Å². The molecule has 1 aliphatic heterocycles. The first kappa shape index (κ1) is 21.2. The number of hydrogen-bond donors (Lipinski definition) is 1. The van der Waals surface area contributed by atoms with Crippen LogP contribution in [-0.2, 0) is 13.9 Å². The van der Waals surface area contributed by atoms with Crippen molar-refractivity contribution >= 4 is 18.7 Å². The molecule has 0 spiro atoms. The Hall–Kier alpha value is -1.50. The van der Waals surface area contributed by atoms with E-state index in [1.165, 1.54) is 10.4 Å². The summed E-state index contributed by atoms with van der Waals surface area (Å²) in [6.07, 6.45) is 1.26. The third-order valence-corrected chi connectivity index (χ3v) is 10.8. The van der Waals surface area contributed by atoms with E-state index in [1.807, 2.05) is 12.1 Å². The molecule has 1 saturated heterocycles. The van der Waals surface area contributed by atoms with E-state index in [1.54, 1.807) is 7.11 Å². The Morgan fingerprint density at radius 1 is 1.04 bits per heavy atom. The van der Waals surface area contributed by atoms with Gasteiger partial charge in [0.15, 0.2) is 5.79 Å². The average molecular weight is 401 g/mol. The van der Waals surface area contributed by atoms with Crippen molar-refractivity contribution in [2.75, 3.05) is 20.3 Å². The molecule has 2 atom stereocenters. The van der Waals surface area contributed by atoms with Crippen molar-refractivity contribution in [3.8, 4) is 0 Å². The van der Waals surface area contributed by atoms with Crippen LogP contribution in [0.2, 0.25) is 5.04 Å². The van der Waals surface area contributed by atoms with Crippen molar-refractivity contribution in [1.29, 1.82) is 0 Å². The van der Waals surface area contributed by atoms with Crippen molar-refractivity contribution in [2.45, 2.75) is 50.5 Å². The summed E-state index contributed by atoms with van der Waals surface area (Å²) in [7, 11) is -1.03. The molecule has 4 nitrogen and oxygen atoms in total. The van der Waals surface area contributed by atoms with E-state index in [0.717, 1.165) is 6.42 Å². The second kappa shape index (κ2) is 8.47. The van der Waals surface area contributed by atoms with Gasteiger partial charge in [-0.05, 0) is 21.8 Å². The number of methoxy groups -OCH3 is 1. The highest BCUT2D eigenvalue weighted by molar-refractivity contribution is 6.99. The molecular formula is C23H32O4Si. The zero-order valence-electron chi connectivity index (χ0n) is 17.4. The number of ether oxygens (including phenoxy) is 2. The number of aliphatic hydroxyl groups excluding tert-OH is 1. The largest absolute Gasteiger partial charge is 0.404 e. The minimum Gasteiger partial charge on any atom is -0.404 e. The smallest absolute Gasteiger partial charge is 0.261 e. The predicted octanol–water partition coefficient (Wildman–Crippen LogP) is 3.08. The van der Waals surface area contributed by atoms with Gasteiger partial charge in [-0.2, -0.15) is 0 Å². The molecule has 5 heteroatoms. The maximum atomic E-state index is 9.86. The van der Waals surface area contributed by atoms with Crippen LogP contribution in [0.5, 0.6) is 0 Å². The molecule has 28 heavy (non-hydrogen) atoms. The quantitative estimate of drug-likeness (QED) is 0.757. The van der Waals surface area contributed by atoms with Crippen LogP contribution in [0.25, 0.3) is 0 Å². The van der Waals surface area contributed by atoms with E-state index in [9.17, 15) is 5.11 Å². The Kier molecular flexibility index (Phi) is 6.42.